The van der Waals surface area contributed by atoms with Crippen LogP contribution in [0.4, 0.5) is 0 Å². The molecule has 6 aromatic rings. The first-order chi connectivity index (χ1) is 18.9. The van der Waals surface area contributed by atoms with Crippen LogP contribution in [0.15, 0.2) is 141 Å². The van der Waals surface area contributed by atoms with E-state index in [1.165, 1.54) is 0 Å². The van der Waals surface area contributed by atoms with E-state index in [2.05, 4.69) is 154 Å². The Kier molecular flexibility index (Phi) is 6.74. The quantitative estimate of drug-likeness (QED) is 0.206. The molecule has 0 N–H and O–H groups in total. The van der Waals surface area contributed by atoms with Gasteiger partial charge in [0.05, 0.1) is 0 Å². The van der Waals surface area contributed by atoms with Crippen LogP contribution in [0.1, 0.15) is 0 Å². The summed E-state index contributed by atoms with van der Waals surface area (Å²) in [6.07, 6.45) is 0. The van der Waals surface area contributed by atoms with Crippen molar-refractivity contribution in [2.45, 2.75) is 0 Å². The molecule has 4 heterocycles. The number of hydrogen-bond donors (Lipinski definition) is 0. The molecular formula is C30H21O3P3Se3. The monoisotopic (exact) mass is 762 g/mol. The van der Waals surface area contributed by atoms with Gasteiger partial charge in [0.15, 0.2) is 0 Å². The van der Waals surface area contributed by atoms with E-state index in [0.29, 0.717) is 0 Å². The molecule has 1 aliphatic rings. The second-order valence-corrected chi connectivity index (χ2v) is 27.4. The molecule has 0 saturated carbocycles. The Morgan fingerprint density at radius 3 is 0.718 bits per heavy atom. The minimum atomic E-state index is -2.34. The number of furan rings is 3. The van der Waals surface area contributed by atoms with E-state index in [0.717, 1.165) is 48.9 Å². The molecule has 3 nitrogen and oxygen atoms in total. The standard InChI is InChI=1S/C30H21O3P3Se3/c37-34(22-10-4-1-5-11-22)25-16-18-27(31-25)35(38,23-12-6-2-7-13-23)29-20-21-30(33-29)36(39,24-14-8-3-9-15-24)28-19-17-26(34)32-28/h1-21H. The molecule has 0 fully saturated rings. The molecule has 1 aliphatic heterocycles. The van der Waals surface area contributed by atoms with Crippen LogP contribution in [-0.2, 0) is 0 Å². The van der Waals surface area contributed by atoms with Gasteiger partial charge in [0, 0.05) is 0 Å². The molecular weight excluding hydrogens is 738 g/mol. The van der Waals surface area contributed by atoms with Crippen molar-refractivity contribution >= 4 is 111 Å². The number of hydrogen-bond acceptors (Lipinski definition) is 3. The van der Waals surface area contributed by atoms with E-state index in [9.17, 15) is 0 Å². The molecule has 192 valence electrons. The zero-order chi connectivity index (χ0) is 26.7. The van der Waals surface area contributed by atoms with Crippen LogP contribution in [0.25, 0.3) is 0 Å². The normalized spacial score (nSPS) is 24.0. The third-order valence-electron chi connectivity index (χ3n) is 6.95. The van der Waals surface area contributed by atoms with Crippen molar-refractivity contribution in [3.05, 3.63) is 127 Å². The second kappa shape index (κ2) is 10.0. The average molecular weight is 759 g/mol. The fourth-order valence-electron chi connectivity index (χ4n) is 4.97. The third-order valence-corrected chi connectivity index (χ3v) is 26.0. The number of fused-ring (bicyclic) bond motifs is 6. The van der Waals surface area contributed by atoms with Crippen molar-refractivity contribution in [3.63, 3.8) is 0 Å². The molecule has 39 heavy (non-hydrogen) atoms. The van der Waals surface area contributed by atoms with Gasteiger partial charge in [-0.2, -0.15) is 0 Å². The summed E-state index contributed by atoms with van der Waals surface area (Å²) >= 11 is 10.8. The van der Waals surface area contributed by atoms with Crippen LogP contribution >= 0.6 is 16.5 Å². The van der Waals surface area contributed by atoms with E-state index in [-0.39, 0.29) is 0 Å². The number of benzene rings is 3. The molecule has 0 spiro atoms. The maximum absolute atomic E-state index is 6.88. The van der Waals surface area contributed by atoms with Crippen LogP contribution in [0.3, 0.4) is 0 Å². The molecule has 0 aliphatic carbocycles. The topological polar surface area (TPSA) is 39.4 Å². The minimum absolute atomic E-state index is 0.885. The zero-order valence-electron chi connectivity index (χ0n) is 20.4. The van der Waals surface area contributed by atoms with Gasteiger partial charge in [0.1, 0.15) is 0 Å². The predicted molar refractivity (Wildman–Crippen MR) is 170 cm³/mol. The first kappa shape index (κ1) is 26.3. The molecule has 3 aromatic carbocycles. The van der Waals surface area contributed by atoms with E-state index >= 15 is 0 Å². The third kappa shape index (κ3) is 4.02. The Balaban J connectivity index is 1.60. The van der Waals surface area contributed by atoms with Gasteiger partial charge in [-0.25, -0.2) is 0 Å². The van der Waals surface area contributed by atoms with Gasteiger partial charge in [-0.15, -0.1) is 0 Å². The fraction of sp³-hybridized carbons (Fsp3) is 0. The first-order valence-electron chi connectivity index (χ1n) is 12.2. The molecule has 0 unspecified atom stereocenters. The van der Waals surface area contributed by atoms with Crippen molar-refractivity contribution < 1.29 is 13.3 Å². The Bertz CT molecular complexity index is 1660. The van der Waals surface area contributed by atoms with Gasteiger partial charge < -0.3 is 0 Å². The van der Waals surface area contributed by atoms with Gasteiger partial charge in [0.2, 0.25) is 0 Å². The molecule has 3 aromatic heterocycles. The van der Waals surface area contributed by atoms with Crippen LogP contribution < -0.4 is 48.9 Å². The molecule has 0 amide bonds. The molecule has 7 rings (SSSR count). The Labute approximate surface area is 249 Å². The summed E-state index contributed by atoms with van der Waals surface area (Å²) in [5, 5.41) is 3.48. The van der Waals surface area contributed by atoms with Gasteiger partial charge in [-0.1, -0.05) is 0 Å². The molecule has 6 bridgehead atoms. The van der Waals surface area contributed by atoms with Gasteiger partial charge in [-0.05, 0) is 0 Å². The van der Waals surface area contributed by atoms with Crippen molar-refractivity contribution in [2.75, 3.05) is 0 Å². The van der Waals surface area contributed by atoms with Gasteiger partial charge in [-0.3, -0.25) is 0 Å². The molecule has 0 radical (unpaired) electrons. The van der Waals surface area contributed by atoms with Crippen molar-refractivity contribution in [2.24, 2.45) is 0 Å². The van der Waals surface area contributed by atoms with E-state index in [1.54, 1.807) is 0 Å². The maximum atomic E-state index is 6.88. The second-order valence-electron chi connectivity index (χ2n) is 9.17. The summed E-state index contributed by atoms with van der Waals surface area (Å²) in [5.41, 5.74) is -1.72. The van der Waals surface area contributed by atoms with E-state index in [4.69, 9.17) is 13.3 Å². The van der Waals surface area contributed by atoms with Crippen molar-refractivity contribution in [3.8, 4) is 0 Å². The molecule has 9 heteroatoms. The summed E-state index contributed by atoms with van der Waals surface area (Å²) in [6, 6.07) is 44.2. The summed E-state index contributed by atoms with van der Waals surface area (Å²) in [7, 11) is 0. The fourth-order valence-corrected chi connectivity index (χ4v) is 18.2. The van der Waals surface area contributed by atoms with Gasteiger partial charge >= 0.3 is 251 Å². The number of rotatable bonds is 3. The molecule has 0 saturated heterocycles. The summed E-state index contributed by atoms with van der Waals surface area (Å²) in [6.45, 7) is 0. The van der Waals surface area contributed by atoms with E-state index < -0.39 is 16.5 Å². The van der Waals surface area contributed by atoms with E-state index in [1.807, 2.05) is 18.2 Å². The Morgan fingerprint density at radius 1 is 0.308 bits per heavy atom. The summed E-state index contributed by atoms with van der Waals surface area (Å²) < 4.78 is 20.7. The SMILES string of the molecule is [Se]=P1(c2ccccc2)c2ccc(o2)P(=[Se])(c2ccccc2)c2ccc(o2)P(=[Se])(c2ccccc2)c2ccc1o2. The predicted octanol–water partition coefficient (Wildman–Crippen LogP) is 2.91. The van der Waals surface area contributed by atoms with Crippen LogP contribution in [0, 0.1) is 0 Å². The Morgan fingerprint density at radius 2 is 0.513 bits per heavy atom. The van der Waals surface area contributed by atoms with Crippen LogP contribution in [0.5, 0.6) is 0 Å². The van der Waals surface area contributed by atoms with Crippen LogP contribution in [-0.4, -0.2) is 45.3 Å². The summed E-state index contributed by atoms with van der Waals surface area (Å²) in [4.78, 5) is 0. The van der Waals surface area contributed by atoms with Crippen molar-refractivity contribution in [1.29, 1.82) is 0 Å². The molecule has 0 atom stereocenters. The average Bonchev–Trinajstić information content (AvgIpc) is 3.79. The zero-order valence-corrected chi connectivity index (χ0v) is 28.2. The summed E-state index contributed by atoms with van der Waals surface area (Å²) in [5.74, 6) is 0. The van der Waals surface area contributed by atoms with Crippen LogP contribution in [0.2, 0.25) is 0 Å². The first-order valence-corrected chi connectivity index (χ1v) is 24.3. The van der Waals surface area contributed by atoms with Gasteiger partial charge in [0.25, 0.3) is 0 Å². The Hall–Kier alpha value is -1.65. The van der Waals surface area contributed by atoms with Crippen molar-refractivity contribution in [1.82, 2.24) is 0 Å².